The maximum atomic E-state index is 3.27. The Bertz CT molecular complexity index is 362. The van der Waals surface area contributed by atoms with Crippen molar-refractivity contribution in [3.05, 3.63) is 29.8 Å². The Labute approximate surface area is 111 Å². The van der Waals surface area contributed by atoms with Crippen molar-refractivity contribution < 1.29 is 0 Å². The Kier molecular flexibility index (Phi) is 5.06. The van der Waals surface area contributed by atoms with Gasteiger partial charge >= 0.3 is 0 Å². The Morgan fingerprint density at radius 3 is 2.83 bits per heavy atom. The molecule has 0 spiro atoms. The summed E-state index contributed by atoms with van der Waals surface area (Å²) in [6.07, 6.45) is 5.43. The highest BCUT2D eigenvalue weighted by Crippen LogP contribution is 2.26. The number of hydrogen-bond acceptors (Lipinski definition) is 2. The van der Waals surface area contributed by atoms with Gasteiger partial charge in [0.2, 0.25) is 0 Å². The first kappa shape index (κ1) is 13.4. The zero-order valence-electron chi connectivity index (χ0n) is 11.8. The van der Waals surface area contributed by atoms with Crippen LogP contribution >= 0.6 is 0 Å². The van der Waals surface area contributed by atoms with Crippen molar-refractivity contribution in [1.82, 2.24) is 5.32 Å². The first-order chi connectivity index (χ1) is 8.85. The third kappa shape index (κ3) is 3.26. The van der Waals surface area contributed by atoms with Crippen LogP contribution in [-0.4, -0.2) is 20.1 Å². The smallest absolute Gasteiger partial charge is 0.0411 e. The molecule has 18 heavy (non-hydrogen) atoms. The lowest BCUT2D eigenvalue weighted by molar-refractivity contribution is 0.459. The number of benzene rings is 1. The summed E-state index contributed by atoms with van der Waals surface area (Å²) in [7, 11) is 2.02. The number of para-hydroxylation sites is 1. The molecule has 0 radical (unpaired) electrons. The summed E-state index contributed by atoms with van der Waals surface area (Å²) in [5.41, 5.74) is 2.86. The van der Waals surface area contributed by atoms with Crippen molar-refractivity contribution in [3.63, 3.8) is 0 Å². The largest absolute Gasteiger partial charge is 0.371 e. The standard InChI is InChI=1S/C16H26N2/c1-3-14-7-6-11-18(12-10-14)16-9-5-4-8-15(16)13-17-2/h4-5,8-9,14,17H,3,6-7,10-13H2,1-2H3. The molecule has 0 aromatic heterocycles. The molecule has 1 aromatic rings. The van der Waals surface area contributed by atoms with Gasteiger partial charge in [-0.05, 0) is 43.9 Å². The molecule has 2 nitrogen and oxygen atoms in total. The van der Waals surface area contributed by atoms with E-state index in [0.29, 0.717) is 0 Å². The van der Waals surface area contributed by atoms with Gasteiger partial charge in [-0.2, -0.15) is 0 Å². The molecule has 2 heteroatoms. The van der Waals surface area contributed by atoms with Crippen LogP contribution in [0.5, 0.6) is 0 Å². The second-order valence-electron chi connectivity index (χ2n) is 5.35. The van der Waals surface area contributed by atoms with E-state index in [4.69, 9.17) is 0 Å². The minimum Gasteiger partial charge on any atom is -0.371 e. The highest BCUT2D eigenvalue weighted by atomic mass is 15.1. The molecule has 0 aliphatic carbocycles. The van der Waals surface area contributed by atoms with E-state index in [9.17, 15) is 0 Å². The zero-order chi connectivity index (χ0) is 12.8. The van der Waals surface area contributed by atoms with Gasteiger partial charge in [0.15, 0.2) is 0 Å². The molecule has 1 aliphatic rings. The van der Waals surface area contributed by atoms with Gasteiger partial charge in [-0.1, -0.05) is 31.5 Å². The highest BCUT2D eigenvalue weighted by molar-refractivity contribution is 5.53. The summed E-state index contributed by atoms with van der Waals surface area (Å²) in [6, 6.07) is 8.83. The van der Waals surface area contributed by atoms with Crippen LogP contribution in [0, 0.1) is 5.92 Å². The van der Waals surface area contributed by atoms with E-state index in [1.165, 1.54) is 50.0 Å². The molecule has 1 unspecified atom stereocenters. The van der Waals surface area contributed by atoms with Crippen LogP contribution in [-0.2, 0) is 6.54 Å². The SMILES string of the molecule is CCC1CCCN(c2ccccc2CNC)CC1. The van der Waals surface area contributed by atoms with E-state index in [-0.39, 0.29) is 0 Å². The number of hydrogen-bond donors (Lipinski definition) is 1. The zero-order valence-corrected chi connectivity index (χ0v) is 11.8. The molecule has 2 rings (SSSR count). The summed E-state index contributed by atoms with van der Waals surface area (Å²) < 4.78 is 0. The van der Waals surface area contributed by atoms with Crippen molar-refractivity contribution in [2.45, 2.75) is 39.2 Å². The molecule has 1 saturated heterocycles. The van der Waals surface area contributed by atoms with E-state index in [1.807, 2.05) is 7.05 Å². The van der Waals surface area contributed by atoms with Gasteiger partial charge in [-0.15, -0.1) is 0 Å². The highest BCUT2D eigenvalue weighted by Gasteiger charge is 2.17. The van der Waals surface area contributed by atoms with Gasteiger partial charge < -0.3 is 10.2 Å². The second-order valence-corrected chi connectivity index (χ2v) is 5.35. The van der Waals surface area contributed by atoms with E-state index in [0.717, 1.165) is 12.5 Å². The van der Waals surface area contributed by atoms with Crippen LogP contribution in [0.15, 0.2) is 24.3 Å². The number of nitrogens with zero attached hydrogens (tertiary/aromatic N) is 1. The first-order valence-electron chi connectivity index (χ1n) is 7.32. The first-order valence-corrected chi connectivity index (χ1v) is 7.32. The molecular formula is C16H26N2. The molecule has 1 heterocycles. The second kappa shape index (κ2) is 6.79. The fourth-order valence-electron chi connectivity index (χ4n) is 2.97. The Hall–Kier alpha value is -1.02. The molecule has 0 bridgehead atoms. The van der Waals surface area contributed by atoms with E-state index >= 15 is 0 Å². The van der Waals surface area contributed by atoms with E-state index < -0.39 is 0 Å². The summed E-state index contributed by atoms with van der Waals surface area (Å²) in [4.78, 5) is 2.59. The molecular weight excluding hydrogens is 220 g/mol. The van der Waals surface area contributed by atoms with E-state index in [1.54, 1.807) is 0 Å². The number of anilines is 1. The molecule has 100 valence electrons. The van der Waals surface area contributed by atoms with Crippen LogP contribution in [0.2, 0.25) is 0 Å². The molecule has 0 saturated carbocycles. The molecule has 1 fully saturated rings. The molecule has 1 atom stereocenters. The van der Waals surface area contributed by atoms with Gasteiger partial charge in [0.1, 0.15) is 0 Å². The maximum absolute atomic E-state index is 3.27. The summed E-state index contributed by atoms with van der Waals surface area (Å²) in [5, 5.41) is 3.27. The topological polar surface area (TPSA) is 15.3 Å². The quantitative estimate of drug-likeness (QED) is 0.875. The summed E-state index contributed by atoms with van der Waals surface area (Å²) >= 11 is 0. The van der Waals surface area contributed by atoms with Crippen LogP contribution in [0.4, 0.5) is 5.69 Å². The van der Waals surface area contributed by atoms with Gasteiger partial charge in [0.25, 0.3) is 0 Å². The van der Waals surface area contributed by atoms with Crippen molar-refractivity contribution >= 4 is 5.69 Å². The number of nitrogens with one attached hydrogen (secondary N) is 1. The minimum atomic E-state index is 0.937. The monoisotopic (exact) mass is 246 g/mol. The fraction of sp³-hybridized carbons (Fsp3) is 0.625. The minimum absolute atomic E-state index is 0.937. The van der Waals surface area contributed by atoms with Gasteiger partial charge in [-0.25, -0.2) is 0 Å². The Morgan fingerprint density at radius 1 is 1.22 bits per heavy atom. The lowest BCUT2D eigenvalue weighted by atomic mass is 9.98. The lowest BCUT2D eigenvalue weighted by Gasteiger charge is -2.25. The van der Waals surface area contributed by atoms with Crippen molar-refractivity contribution in [1.29, 1.82) is 0 Å². The predicted molar refractivity (Wildman–Crippen MR) is 79.1 cm³/mol. The fourth-order valence-corrected chi connectivity index (χ4v) is 2.97. The molecule has 1 aliphatic heterocycles. The lowest BCUT2D eigenvalue weighted by Crippen LogP contribution is -2.26. The Balaban J connectivity index is 2.10. The number of rotatable bonds is 4. The van der Waals surface area contributed by atoms with Crippen molar-refractivity contribution in [3.8, 4) is 0 Å². The normalized spacial score (nSPS) is 20.8. The van der Waals surface area contributed by atoms with E-state index in [2.05, 4.69) is 41.4 Å². The average molecular weight is 246 g/mol. The maximum Gasteiger partial charge on any atom is 0.0411 e. The summed E-state index contributed by atoms with van der Waals surface area (Å²) in [5.74, 6) is 0.937. The van der Waals surface area contributed by atoms with Crippen molar-refractivity contribution in [2.75, 3.05) is 25.0 Å². The summed E-state index contributed by atoms with van der Waals surface area (Å²) in [6.45, 7) is 5.73. The molecule has 1 aromatic carbocycles. The molecule has 0 amide bonds. The molecule has 1 N–H and O–H groups in total. The average Bonchev–Trinajstić information content (AvgIpc) is 2.65. The van der Waals surface area contributed by atoms with Gasteiger partial charge in [0, 0.05) is 25.3 Å². The van der Waals surface area contributed by atoms with Crippen LogP contribution in [0.1, 0.15) is 38.2 Å². The van der Waals surface area contributed by atoms with Gasteiger partial charge in [-0.3, -0.25) is 0 Å². The van der Waals surface area contributed by atoms with Gasteiger partial charge in [0.05, 0.1) is 0 Å². The Morgan fingerprint density at radius 2 is 2.06 bits per heavy atom. The van der Waals surface area contributed by atoms with Crippen LogP contribution in [0.3, 0.4) is 0 Å². The van der Waals surface area contributed by atoms with Crippen LogP contribution in [0.25, 0.3) is 0 Å². The van der Waals surface area contributed by atoms with Crippen LogP contribution < -0.4 is 10.2 Å². The van der Waals surface area contributed by atoms with Crippen molar-refractivity contribution in [2.24, 2.45) is 5.92 Å². The predicted octanol–water partition coefficient (Wildman–Crippen LogP) is 3.42. The third-order valence-electron chi connectivity index (χ3n) is 4.12. The third-order valence-corrected chi connectivity index (χ3v) is 4.12.